The lowest BCUT2D eigenvalue weighted by atomic mass is 10.0. The van der Waals surface area contributed by atoms with Crippen LogP contribution >= 0.6 is 0 Å². The summed E-state index contributed by atoms with van der Waals surface area (Å²) in [6, 6.07) is 12.8. The predicted octanol–water partition coefficient (Wildman–Crippen LogP) is 3.41. The Hall–Kier alpha value is -4.00. The molecule has 1 aromatic heterocycles. The Balaban J connectivity index is 1.47. The summed E-state index contributed by atoms with van der Waals surface area (Å²) < 4.78 is 11.0. The molecular formula is C27H33N5O5. The first-order chi connectivity index (χ1) is 17.6. The number of amides is 2. The van der Waals surface area contributed by atoms with Crippen LogP contribution in [-0.2, 0) is 29.0 Å². The van der Waals surface area contributed by atoms with Crippen molar-refractivity contribution in [3.05, 3.63) is 63.6 Å². The summed E-state index contributed by atoms with van der Waals surface area (Å²) in [5.74, 6) is 0. The van der Waals surface area contributed by atoms with Gasteiger partial charge in [0.2, 0.25) is 5.56 Å². The molecule has 0 saturated carbocycles. The van der Waals surface area contributed by atoms with Crippen LogP contribution in [0.1, 0.15) is 44.0 Å². The molecule has 2 aliphatic heterocycles. The largest absolute Gasteiger partial charge is 0.445 e. The number of carbonyl (C=O) groups is 2. The van der Waals surface area contributed by atoms with Crippen LogP contribution in [-0.4, -0.2) is 64.8 Å². The fourth-order valence-electron chi connectivity index (χ4n) is 4.72. The van der Waals surface area contributed by atoms with Crippen LogP contribution in [0.25, 0.3) is 0 Å². The zero-order chi connectivity index (χ0) is 26.6. The SMILES string of the molecule is CC(C)(C)OC(=O)N1CCN(c2cc(=O)[nH]c3c2CCN(C(=O)OCc2ccccc2)C3)C[C@@H]1CC#N. The smallest absolute Gasteiger partial charge is 0.410 e. The maximum atomic E-state index is 12.7. The van der Waals surface area contributed by atoms with Gasteiger partial charge in [0.1, 0.15) is 12.2 Å². The van der Waals surface area contributed by atoms with Crippen LogP contribution in [0.5, 0.6) is 0 Å². The Labute approximate surface area is 216 Å². The van der Waals surface area contributed by atoms with E-state index in [-0.39, 0.29) is 31.2 Å². The Bertz CT molecular complexity index is 1230. The van der Waals surface area contributed by atoms with Gasteiger partial charge in [-0.1, -0.05) is 30.3 Å². The van der Waals surface area contributed by atoms with Crippen LogP contribution in [0.3, 0.4) is 0 Å². The van der Waals surface area contributed by atoms with Crippen molar-refractivity contribution in [2.24, 2.45) is 0 Å². The number of fused-ring (bicyclic) bond motifs is 1. The van der Waals surface area contributed by atoms with Crippen LogP contribution < -0.4 is 10.5 Å². The Morgan fingerprint density at radius 3 is 2.59 bits per heavy atom. The second-order valence-corrected chi connectivity index (χ2v) is 10.3. The molecule has 1 fully saturated rings. The van der Waals surface area contributed by atoms with E-state index in [4.69, 9.17) is 9.47 Å². The van der Waals surface area contributed by atoms with Crippen molar-refractivity contribution < 1.29 is 19.1 Å². The van der Waals surface area contributed by atoms with E-state index >= 15 is 0 Å². The minimum Gasteiger partial charge on any atom is -0.445 e. The average Bonchev–Trinajstić information content (AvgIpc) is 2.86. The molecule has 1 N–H and O–H groups in total. The predicted molar refractivity (Wildman–Crippen MR) is 137 cm³/mol. The van der Waals surface area contributed by atoms with Crippen molar-refractivity contribution in [3.8, 4) is 6.07 Å². The maximum Gasteiger partial charge on any atom is 0.410 e. The van der Waals surface area contributed by atoms with Crippen molar-refractivity contribution in [2.75, 3.05) is 31.1 Å². The molecule has 0 aliphatic carbocycles. The fraction of sp³-hybridized carbons (Fsp3) is 0.481. The number of aromatic nitrogens is 1. The molecular weight excluding hydrogens is 474 g/mol. The lowest BCUT2D eigenvalue weighted by Gasteiger charge is -2.43. The number of aromatic amines is 1. The van der Waals surface area contributed by atoms with Gasteiger partial charge in [-0.3, -0.25) is 4.79 Å². The average molecular weight is 508 g/mol. The molecule has 0 bridgehead atoms. The number of carbonyl (C=O) groups excluding carboxylic acids is 2. The molecule has 1 saturated heterocycles. The van der Waals surface area contributed by atoms with Crippen LogP contribution in [0.15, 0.2) is 41.2 Å². The van der Waals surface area contributed by atoms with E-state index in [9.17, 15) is 19.6 Å². The molecule has 37 heavy (non-hydrogen) atoms. The second-order valence-electron chi connectivity index (χ2n) is 10.3. The number of nitriles is 1. The van der Waals surface area contributed by atoms with Gasteiger partial charge in [-0.15, -0.1) is 0 Å². The van der Waals surface area contributed by atoms with Gasteiger partial charge in [0.25, 0.3) is 0 Å². The molecule has 1 atom stereocenters. The van der Waals surface area contributed by atoms with Gasteiger partial charge in [0.15, 0.2) is 0 Å². The lowest BCUT2D eigenvalue weighted by molar-refractivity contribution is 0.0145. The highest BCUT2D eigenvalue weighted by molar-refractivity contribution is 5.70. The molecule has 4 rings (SSSR count). The number of benzene rings is 1. The topological polar surface area (TPSA) is 119 Å². The van der Waals surface area contributed by atoms with Gasteiger partial charge >= 0.3 is 12.2 Å². The quantitative estimate of drug-likeness (QED) is 0.674. The molecule has 3 heterocycles. The number of hydrogen-bond acceptors (Lipinski definition) is 7. The van der Waals surface area contributed by atoms with Gasteiger partial charge in [-0.2, -0.15) is 5.26 Å². The molecule has 1 aromatic carbocycles. The molecule has 2 aromatic rings. The molecule has 0 radical (unpaired) electrons. The summed E-state index contributed by atoms with van der Waals surface area (Å²) >= 11 is 0. The summed E-state index contributed by atoms with van der Waals surface area (Å²) in [6.45, 7) is 7.59. The van der Waals surface area contributed by atoms with Gasteiger partial charge < -0.3 is 29.2 Å². The lowest BCUT2D eigenvalue weighted by Crippen LogP contribution is -2.56. The highest BCUT2D eigenvalue weighted by atomic mass is 16.6. The van der Waals surface area contributed by atoms with Crippen LogP contribution in [0, 0.1) is 11.3 Å². The third-order valence-electron chi connectivity index (χ3n) is 6.44. The Morgan fingerprint density at radius 2 is 1.89 bits per heavy atom. The second kappa shape index (κ2) is 10.9. The number of nitrogens with one attached hydrogen (secondary N) is 1. The van der Waals surface area contributed by atoms with Crippen LogP contribution in [0.4, 0.5) is 15.3 Å². The molecule has 10 heteroatoms. The molecule has 2 aliphatic rings. The number of nitrogens with zero attached hydrogens (tertiary/aromatic N) is 4. The van der Waals surface area contributed by atoms with E-state index in [2.05, 4.69) is 16.0 Å². The van der Waals surface area contributed by atoms with Gasteiger partial charge in [0, 0.05) is 43.6 Å². The van der Waals surface area contributed by atoms with Crippen molar-refractivity contribution in [2.45, 2.75) is 58.4 Å². The van der Waals surface area contributed by atoms with Crippen molar-refractivity contribution in [1.82, 2.24) is 14.8 Å². The maximum absolute atomic E-state index is 12.7. The first-order valence-corrected chi connectivity index (χ1v) is 12.5. The van der Waals surface area contributed by atoms with Crippen molar-refractivity contribution >= 4 is 17.9 Å². The number of ether oxygens (including phenoxy) is 2. The van der Waals surface area contributed by atoms with Crippen molar-refractivity contribution in [1.29, 1.82) is 5.26 Å². The number of piperazine rings is 1. The normalized spacial score (nSPS) is 17.6. The fourth-order valence-corrected chi connectivity index (χ4v) is 4.72. The van der Waals surface area contributed by atoms with Gasteiger partial charge in [-0.25, -0.2) is 9.59 Å². The molecule has 2 amide bonds. The van der Waals surface area contributed by atoms with E-state index in [1.54, 1.807) is 15.9 Å². The Morgan fingerprint density at radius 1 is 1.14 bits per heavy atom. The van der Waals surface area contributed by atoms with Crippen LogP contribution in [0.2, 0.25) is 0 Å². The third-order valence-corrected chi connectivity index (χ3v) is 6.44. The third kappa shape index (κ3) is 6.42. The van der Waals surface area contributed by atoms with Crippen molar-refractivity contribution in [3.63, 3.8) is 0 Å². The Kier molecular flexibility index (Phi) is 7.71. The number of hydrogen-bond donors (Lipinski definition) is 1. The van der Waals surface area contributed by atoms with E-state index in [1.807, 2.05) is 51.1 Å². The minimum atomic E-state index is -0.634. The first-order valence-electron chi connectivity index (χ1n) is 12.5. The summed E-state index contributed by atoms with van der Waals surface area (Å²) in [4.78, 5) is 46.1. The van der Waals surface area contributed by atoms with E-state index < -0.39 is 17.8 Å². The summed E-state index contributed by atoms with van der Waals surface area (Å²) in [5, 5.41) is 9.39. The highest BCUT2D eigenvalue weighted by Gasteiger charge is 2.35. The molecule has 10 nitrogen and oxygen atoms in total. The highest BCUT2D eigenvalue weighted by Crippen LogP contribution is 2.29. The molecule has 196 valence electrons. The molecule has 0 spiro atoms. The number of pyridine rings is 1. The minimum absolute atomic E-state index is 0.155. The number of H-pyrrole nitrogens is 1. The van der Waals surface area contributed by atoms with Gasteiger partial charge in [-0.05, 0) is 38.3 Å². The van der Waals surface area contributed by atoms with E-state index in [1.165, 1.54) is 0 Å². The number of rotatable bonds is 4. The number of anilines is 1. The standard InChI is InChI=1S/C27H33N5O5/c1-27(2,3)37-26(35)32-14-13-30(16-20(32)9-11-28)23-15-24(33)29-22-17-31(12-10-21(22)23)25(34)36-18-19-7-5-4-6-8-19/h4-8,15,20H,9-10,12-14,16-18H2,1-3H3,(H,29,33)/t20-/m0/s1. The van der Waals surface area contributed by atoms with E-state index in [0.717, 1.165) is 16.8 Å². The summed E-state index contributed by atoms with van der Waals surface area (Å²) in [7, 11) is 0. The zero-order valence-corrected chi connectivity index (χ0v) is 21.5. The zero-order valence-electron chi connectivity index (χ0n) is 21.5. The molecule has 0 unspecified atom stereocenters. The van der Waals surface area contributed by atoms with E-state index in [0.29, 0.717) is 38.3 Å². The summed E-state index contributed by atoms with van der Waals surface area (Å²) in [6.07, 6.45) is -0.162. The monoisotopic (exact) mass is 507 g/mol. The first kappa shape index (κ1) is 26.1. The summed E-state index contributed by atoms with van der Waals surface area (Å²) in [5.41, 5.74) is 2.43. The van der Waals surface area contributed by atoms with Gasteiger partial charge in [0.05, 0.1) is 25.1 Å².